The zero-order chi connectivity index (χ0) is 16.4. The molecular weight excluding hydrogens is 314 g/mol. The first-order valence-electron chi connectivity index (χ1n) is 7.22. The zero-order valence-corrected chi connectivity index (χ0v) is 13.4. The lowest BCUT2D eigenvalue weighted by Gasteiger charge is -2.11. The van der Waals surface area contributed by atoms with Gasteiger partial charge in [0.25, 0.3) is 0 Å². The molecule has 3 amide bonds. The Morgan fingerprint density at radius 3 is 2.70 bits per heavy atom. The van der Waals surface area contributed by atoms with Crippen LogP contribution < -0.4 is 15.5 Å². The van der Waals surface area contributed by atoms with Gasteiger partial charge in [-0.1, -0.05) is 23.7 Å². The summed E-state index contributed by atoms with van der Waals surface area (Å²) in [4.78, 5) is 25.2. The highest BCUT2D eigenvalue weighted by atomic mass is 35.5. The van der Waals surface area contributed by atoms with Gasteiger partial charge in [0.1, 0.15) is 0 Å². The topological polar surface area (TPSA) is 61.4 Å². The van der Waals surface area contributed by atoms with Gasteiger partial charge in [0.2, 0.25) is 5.91 Å². The van der Waals surface area contributed by atoms with Gasteiger partial charge >= 0.3 is 6.03 Å². The summed E-state index contributed by atoms with van der Waals surface area (Å²) in [6, 6.07) is 12.4. The number of nitrogens with one attached hydrogen (secondary N) is 2. The molecule has 0 saturated carbocycles. The van der Waals surface area contributed by atoms with Crippen molar-refractivity contribution in [2.24, 2.45) is 0 Å². The molecule has 2 aromatic carbocycles. The smallest absolute Gasteiger partial charge is 0.319 e. The first kappa shape index (κ1) is 15.4. The predicted molar refractivity (Wildman–Crippen MR) is 90.9 cm³/mol. The van der Waals surface area contributed by atoms with Crippen molar-refractivity contribution in [2.75, 3.05) is 17.3 Å². The number of urea groups is 1. The summed E-state index contributed by atoms with van der Waals surface area (Å²) < 4.78 is 0. The maximum absolute atomic E-state index is 11.9. The van der Waals surface area contributed by atoms with E-state index < -0.39 is 0 Å². The van der Waals surface area contributed by atoms with Crippen molar-refractivity contribution in [2.45, 2.75) is 13.0 Å². The Hall–Kier alpha value is -2.53. The maximum atomic E-state index is 11.9. The van der Waals surface area contributed by atoms with E-state index in [1.54, 1.807) is 36.2 Å². The number of fused-ring (bicyclic) bond motifs is 1. The highest BCUT2D eigenvalue weighted by Crippen LogP contribution is 2.28. The normalized spacial score (nSPS) is 13.0. The van der Waals surface area contributed by atoms with Crippen molar-refractivity contribution in [3.8, 4) is 0 Å². The van der Waals surface area contributed by atoms with E-state index in [0.717, 1.165) is 16.8 Å². The Balaban J connectivity index is 1.58. The lowest BCUT2D eigenvalue weighted by Crippen LogP contribution is -2.28. The summed E-state index contributed by atoms with van der Waals surface area (Å²) in [5, 5.41) is 6.15. The minimum absolute atomic E-state index is 0.0885. The molecule has 0 bridgehead atoms. The predicted octanol–water partition coefficient (Wildman–Crippen LogP) is 3.18. The van der Waals surface area contributed by atoms with Crippen molar-refractivity contribution in [1.29, 1.82) is 0 Å². The summed E-state index contributed by atoms with van der Waals surface area (Å²) >= 11 is 5.80. The van der Waals surface area contributed by atoms with Crippen LogP contribution in [0.4, 0.5) is 16.2 Å². The van der Waals surface area contributed by atoms with Gasteiger partial charge in [-0.05, 0) is 41.5 Å². The lowest BCUT2D eigenvalue weighted by atomic mass is 10.1. The van der Waals surface area contributed by atoms with Crippen LogP contribution in [0, 0.1) is 0 Å². The molecule has 0 atom stereocenters. The SMILES string of the molecule is CN1C(=O)Cc2cc(CNC(=O)Nc3ccc(Cl)cc3)ccc21. The van der Waals surface area contributed by atoms with Crippen LogP contribution in [0.25, 0.3) is 0 Å². The van der Waals surface area contributed by atoms with Crippen molar-refractivity contribution >= 4 is 34.9 Å². The number of halogens is 1. The van der Waals surface area contributed by atoms with E-state index in [1.165, 1.54) is 0 Å². The second kappa shape index (κ2) is 6.30. The van der Waals surface area contributed by atoms with E-state index in [4.69, 9.17) is 11.6 Å². The molecule has 5 nitrogen and oxygen atoms in total. The third kappa shape index (κ3) is 3.46. The molecule has 0 aliphatic carbocycles. The van der Waals surface area contributed by atoms with E-state index in [0.29, 0.717) is 23.7 Å². The zero-order valence-electron chi connectivity index (χ0n) is 12.6. The van der Waals surface area contributed by atoms with Crippen molar-refractivity contribution in [3.05, 3.63) is 58.6 Å². The molecule has 118 valence electrons. The highest BCUT2D eigenvalue weighted by Gasteiger charge is 2.23. The number of hydrogen-bond donors (Lipinski definition) is 2. The second-order valence-corrected chi connectivity index (χ2v) is 5.84. The van der Waals surface area contributed by atoms with Crippen molar-refractivity contribution < 1.29 is 9.59 Å². The van der Waals surface area contributed by atoms with Crippen LogP contribution in [0.1, 0.15) is 11.1 Å². The van der Waals surface area contributed by atoms with Crippen LogP contribution in [0.5, 0.6) is 0 Å². The first-order chi connectivity index (χ1) is 11.0. The monoisotopic (exact) mass is 329 g/mol. The van der Waals surface area contributed by atoms with Crippen molar-refractivity contribution in [1.82, 2.24) is 5.32 Å². The molecule has 23 heavy (non-hydrogen) atoms. The molecule has 0 spiro atoms. The van der Waals surface area contributed by atoms with Gasteiger partial charge in [0.05, 0.1) is 6.42 Å². The molecule has 1 aliphatic heterocycles. The summed E-state index contributed by atoms with van der Waals surface area (Å²) in [6.07, 6.45) is 0.413. The van der Waals surface area contributed by atoms with Gasteiger partial charge in [-0.3, -0.25) is 4.79 Å². The number of benzene rings is 2. The lowest BCUT2D eigenvalue weighted by molar-refractivity contribution is -0.117. The molecule has 0 unspecified atom stereocenters. The quantitative estimate of drug-likeness (QED) is 0.908. The van der Waals surface area contributed by atoms with Gasteiger partial charge in [0, 0.05) is 30.0 Å². The van der Waals surface area contributed by atoms with E-state index in [-0.39, 0.29) is 11.9 Å². The fraction of sp³-hybridized carbons (Fsp3) is 0.176. The molecule has 0 fully saturated rings. The number of hydrogen-bond acceptors (Lipinski definition) is 2. The molecule has 1 heterocycles. The molecule has 0 radical (unpaired) electrons. The molecule has 0 aromatic heterocycles. The summed E-state index contributed by atoms with van der Waals surface area (Å²) in [5.41, 5.74) is 3.56. The first-order valence-corrected chi connectivity index (χ1v) is 7.59. The minimum atomic E-state index is -0.291. The molecule has 0 saturated heterocycles. The average molecular weight is 330 g/mol. The third-order valence-corrected chi connectivity index (χ3v) is 4.03. The molecular formula is C17H16ClN3O2. The van der Waals surface area contributed by atoms with Crippen molar-refractivity contribution in [3.63, 3.8) is 0 Å². The van der Waals surface area contributed by atoms with E-state index in [9.17, 15) is 9.59 Å². The molecule has 6 heteroatoms. The Bertz CT molecular complexity index is 759. The Kier molecular flexibility index (Phi) is 4.21. The number of amides is 3. The van der Waals surface area contributed by atoms with E-state index >= 15 is 0 Å². The number of anilines is 2. The summed E-state index contributed by atoms with van der Waals surface area (Å²) in [6.45, 7) is 0.393. The van der Waals surface area contributed by atoms with Gasteiger partial charge < -0.3 is 15.5 Å². The molecule has 2 aromatic rings. The highest BCUT2D eigenvalue weighted by molar-refractivity contribution is 6.30. The number of likely N-dealkylation sites (N-methyl/N-ethyl adjacent to an activating group) is 1. The summed E-state index contributed by atoms with van der Waals surface area (Å²) in [5.74, 6) is 0.0885. The fourth-order valence-corrected chi connectivity index (χ4v) is 2.65. The second-order valence-electron chi connectivity index (χ2n) is 5.41. The van der Waals surface area contributed by atoms with Gasteiger partial charge in [-0.2, -0.15) is 0 Å². The standard InChI is InChI=1S/C17H16ClN3O2/c1-21-15-7-2-11(8-12(15)9-16(21)22)10-19-17(23)20-14-5-3-13(18)4-6-14/h2-8H,9-10H2,1H3,(H2,19,20,23). The van der Waals surface area contributed by atoms with Crippen LogP contribution in [-0.4, -0.2) is 19.0 Å². The average Bonchev–Trinajstić information content (AvgIpc) is 2.82. The number of nitrogens with zero attached hydrogens (tertiary/aromatic N) is 1. The molecule has 1 aliphatic rings. The van der Waals surface area contributed by atoms with Gasteiger partial charge in [0.15, 0.2) is 0 Å². The number of carbonyl (C=O) groups is 2. The fourth-order valence-electron chi connectivity index (χ4n) is 2.52. The van der Waals surface area contributed by atoms with Crippen LogP contribution in [0.2, 0.25) is 5.02 Å². The van der Waals surface area contributed by atoms with Crippen LogP contribution in [-0.2, 0) is 17.8 Å². The number of rotatable bonds is 3. The van der Waals surface area contributed by atoms with Gasteiger partial charge in [-0.15, -0.1) is 0 Å². The minimum Gasteiger partial charge on any atom is -0.334 e. The van der Waals surface area contributed by atoms with Gasteiger partial charge in [-0.25, -0.2) is 4.79 Å². The third-order valence-electron chi connectivity index (χ3n) is 3.78. The van der Waals surface area contributed by atoms with E-state index in [1.807, 2.05) is 18.2 Å². The Morgan fingerprint density at radius 2 is 1.96 bits per heavy atom. The van der Waals surface area contributed by atoms with Crippen LogP contribution >= 0.6 is 11.6 Å². The number of carbonyl (C=O) groups excluding carboxylic acids is 2. The molecule has 2 N–H and O–H groups in total. The Morgan fingerprint density at radius 1 is 1.22 bits per heavy atom. The van der Waals surface area contributed by atoms with Crippen LogP contribution in [0.3, 0.4) is 0 Å². The largest absolute Gasteiger partial charge is 0.334 e. The molecule has 3 rings (SSSR count). The summed E-state index contributed by atoms with van der Waals surface area (Å²) in [7, 11) is 1.77. The Labute approximate surface area is 139 Å². The van der Waals surface area contributed by atoms with Crippen LogP contribution in [0.15, 0.2) is 42.5 Å². The maximum Gasteiger partial charge on any atom is 0.319 e. The van der Waals surface area contributed by atoms with E-state index in [2.05, 4.69) is 10.6 Å².